The zero-order valence-corrected chi connectivity index (χ0v) is 16.0. The van der Waals surface area contributed by atoms with E-state index >= 15 is 0 Å². The van der Waals surface area contributed by atoms with Crippen LogP contribution < -0.4 is 5.48 Å². The molecule has 0 radical (unpaired) electrons. The van der Waals surface area contributed by atoms with Crippen molar-refractivity contribution in [3.05, 3.63) is 70.5 Å². The minimum atomic E-state index is -4.58. The summed E-state index contributed by atoms with van der Waals surface area (Å²) in [6.45, 7) is 0.416. The van der Waals surface area contributed by atoms with Gasteiger partial charge in [0.2, 0.25) is 0 Å². The Hall–Kier alpha value is -2.52. The summed E-state index contributed by atoms with van der Waals surface area (Å²) in [6, 6.07) is 8.89. The van der Waals surface area contributed by atoms with Gasteiger partial charge in [0.1, 0.15) is 16.8 Å². The standard InChI is InChI=1S/C20H18F4N2O2S/c21-15-3-1-2-12(10-15)4-5-13-6-7-14(11-16(13)20(22,23)24)19(29)26-9-8-17(26)18(27)25-28/h1-3,6-7,10-11,17,28H,4-5,8-9H2,(H,25,27). The Morgan fingerprint density at radius 3 is 2.55 bits per heavy atom. The Morgan fingerprint density at radius 1 is 1.21 bits per heavy atom. The van der Waals surface area contributed by atoms with E-state index in [9.17, 15) is 22.4 Å². The van der Waals surface area contributed by atoms with Crippen LogP contribution >= 0.6 is 12.2 Å². The van der Waals surface area contributed by atoms with Gasteiger partial charge in [-0.3, -0.25) is 10.0 Å². The van der Waals surface area contributed by atoms with E-state index in [4.69, 9.17) is 17.4 Å². The minimum Gasteiger partial charge on any atom is -0.350 e. The fraction of sp³-hybridized carbons (Fsp3) is 0.300. The first-order valence-corrected chi connectivity index (χ1v) is 9.31. The van der Waals surface area contributed by atoms with Gasteiger partial charge in [0.05, 0.1) is 5.56 Å². The second-order valence-corrected chi connectivity index (χ2v) is 7.17. The number of nitrogens with one attached hydrogen (secondary N) is 1. The fourth-order valence-electron chi connectivity index (χ4n) is 3.31. The van der Waals surface area contributed by atoms with Crippen LogP contribution in [0.25, 0.3) is 0 Å². The molecule has 3 rings (SSSR count). The largest absolute Gasteiger partial charge is 0.416 e. The summed E-state index contributed by atoms with van der Waals surface area (Å²) in [4.78, 5) is 13.2. The van der Waals surface area contributed by atoms with Gasteiger partial charge < -0.3 is 4.90 Å². The molecule has 2 aromatic carbocycles. The molecule has 2 N–H and O–H groups in total. The van der Waals surface area contributed by atoms with Crippen molar-refractivity contribution in [2.24, 2.45) is 0 Å². The molecule has 154 valence electrons. The van der Waals surface area contributed by atoms with Crippen LogP contribution in [0.3, 0.4) is 0 Å². The van der Waals surface area contributed by atoms with Crippen molar-refractivity contribution < 1.29 is 27.6 Å². The summed E-state index contributed by atoms with van der Waals surface area (Å²) >= 11 is 5.27. The Balaban J connectivity index is 1.82. The maximum atomic E-state index is 13.6. The number of hydrogen-bond donors (Lipinski definition) is 2. The molecule has 0 bridgehead atoms. The number of halogens is 4. The molecule has 1 atom stereocenters. The van der Waals surface area contributed by atoms with Gasteiger partial charge in [0.15, 0.2) is 0 Å². The third-order valence-electron chi connectivity index (χ3n) is 4.93. The number of hydrogen-bond acceptors (Lipinski definition) is 3. The van der Waals surface area contributed by atoms with Crippen molar-refractivity contribution >= 4 is 23.1 Å². The van der Waals surface area contributed by atoms with Gasteiger partial charge in [-0.1, -0.05) is 36.5 Å². The van der Waals surface area contributed by atoms with Crippen LogP contribution in [0.1, 0.15) is 28.7 Å². The summed E-state index contributed by atoms with van der Waals surface area (Å²) in [5.74, 6) is -1.09. The first-order valence-electron chi connectivity index (χ1n) is 8.90. The summed E-state index contributed by atoms with van der Waals surface area (Å²) in [5, 5.41) is 8.76. The maximum Gasteiger partial charge on any atom is 0.416 e. The van der Waals surface area contributed by atoms with Gasteiger partial charge >= 0.3 is 6.18 Å². The minimum absolute atomic E-state index is 0.0848. The molecular formula is C20H18F4N2O2S. The van der Waals surface area contributed by atoms with Gasteiger partial charge in [-0.2, -0.15) is 13.2 Å². The number of thiocarbonyl (C=S) groups is 1. The molecule has 1 aliphatic rings. The molecule has 1 unspecified atom stereocenters. The molecule has 1 fully saturated rings. The SMILES string of the molecule is O=C(NO)C1CCN1C(=S)c1ccc(CCc2cccc(F)c2)c(C(F)(F)F)c1. The fourth-order valence-corrected chi connectivity index (χ4v) is 3.65. The lowest BCUT2D eigenvalue weighted by atomic mass is 9.95. The van der Waals surface area contributed by atoms with Crippen molar-refractivity contribution in [2.75, 3.05) is 6.54 Å². The van der Waals surface area contributed by atoms with E-state index in [1.54, 1.807) is 6.07 Å². The zero-order valence-electron chi connectivity index (χ0n) is 15.2. The lowest BCUT2D eigenvalue weighted by Gasteiger charge is -2.41. The summed E-state index contributed by atoms with van der Waals surface area (Å²) < 4.78 is 54.2. The van der Waals surface area contributed by atoms with Gasteiger partial charge in [0, 0.05) is 12.1 Å². The molecule has 0 spiro atoms. The van der Waals surface area contributed by atoms with Crippen molar-refractivity contribution in [1.82, 2.24) is 10.4 Å². The van der Waals surface area contributed by atoms with Crippen LogP contribution in [0.15, 0.2) is 42.5 Å². The van der Waals surface area contributed by atoms with Crippen LogP contribution in [-0.2, 0) is 23.8 Å². The Labute approximate surface area is 170 Å². The number of hydroxylamine groups is 1. The average molecular weight is 426 g/mol. The number of alkyl halides is 3. The normalized spacial score (nSPS) is 16.3. The number of carbonyl (C=O) groups excluding carboxylic acids is 1. The van der Waals surface area contributed by atoms with Gasteiger partial charge in [-0.15, -0.1) is 0 Å². The van der Waals surface area contributed by atoms with E-state index < -0.39 is 29.5 Å². The van der Waals surface area contributed by atoms with E-state index in [0.29, 0.717) is 18.5 Å². The number of rotatable bonds is 5. The topological polar surface area (TPSA) is 52.6 Å². The number of likely N-dealkylation sites (tertiary alicyclic amines) is 1. The molecule has 0 aromatic heterocycles. The van der Waals surface area contributed by atoms with Crippen molar-refractivity contribution in [3.63, 3.8) is 0 Å². The van der Waals surface area contributed by atoms with Crippen LogP contribution in [-0.4, -0.2) is 33.6 Å². The average Bonchev–Trinajstić information content (AvgIpc) is 2.64. The number of aryl methyl sites for hydroxylation is 2. The monoisotopic (exact) mass is 426 g/mol. The second-order valence-electron chi connectivity index (χ2n) is 6.78. The molecule has 0 aliphatic carbocycles. The third-order valence-corrected chi connectivity index (χ3v) is 5.40. The number of carbonyl (C=O) groups is 1. The Kier molecular flexibility index (Phi) is 6.18. The summed E-state index contributed by atoms with van der Waals surface area (Å²) in [6.07, 6.45) is -3.79. The number of benzene rings is 2. The molecule has 4 nitrogen and oxygen atoms in total. The van der Waals surface area contributed by atoms with E-state index in [2.05, 4.69) is 0 Å². The second kappa shape index (κ2) is 8.46. The first-order chi connectivity index (χ1) is 13.7. The maximum absolute atomic E-state index is 13.6. The van der Waals surface area contributed by atoms with Crippen LogP contribution in [0.5, 0.6) is 0 Å². The molecular weight excluding hydrogens is 408 g/mol. The van der Waals surface area contributed by atoms with E-state index in [0.717, 1.165) is 6.07 Å². The molecule has 0 saturated carbocycles. The Morgan fingerprint density at radius 2 is 1.97 bits per heavy atom. The highest BCUT2D eigenvalue weighted by Crippen LogP contribution is 2.34. The highest BCUT2D eigenvalue weighted by Gasteiger charge is 2.38. The molecule has 1 saturated heterocycles. The quantitative estimate of drug-likeness (QED) is 0.330. The molecule has 1 heterocycles. The van der Waals surface area contributed by atoms with Crippen molar-refractivity contribution in [3.8, 4) is 0 Å². The molecule has 2 aromatic rings. The Bertz CT molecular complexity index is 933. The smallest absolute Gasteiger partial charge is 0.350 e. The molecule has 29 heavy (non-hydrogen) atoms. The lowest BCUT2D eigenvalue weighted by molar-refractivity contribution is -0.138. The number of amides is 1. The third kappa shape index (κ3) is 4.73. The van der Waals surface area contributed by atoms with Crippen molar-refractivity contribution in [1.29, 1.82) is 0 Å². The number of nitrogens with zero attached hydrogens (tertiary/aromatic N) is 1. The van der Waals surface area contributed by atoms with Crippen molar-refractivity contribution in [2.45, 2.75) is 31.5 Å². The highest BCUT2D eigenvalue weighted by molar-refractivity contribution is 7.80. The highest BCUT2D eigenvalue weighted by atomic mass is 32.1. The zero-order chi connectivity index (χ0) is 21.2. The predicted molar refractivity (Wildman–Crippen MR) is 102 cm³/mol. The van der Waals surface area contributed by atoms with Crippen LogP contribution in [0.2, 0.25) is 0 Å². The van der Waals surface area contributed by atoms with Gasteiger partial charge in [-0.25, -0.2) is 9.87 Å². The summed E-state index contributed by atoms with van der Waals surface area (Å²) in [5.41, 5.74) is 1.60. The van der Waals surface area contributed by atoms with Crippen LogP contribution in [0, 0.1) is 5.82 Å². The molecule has 1 amide bonds. The van der Waals surface area contributed by atoms with E-state index in [1.165, 1.54) is 40.7 Å². The summed E-state index contributed by atoms with van der Waals surface area (Å²) in [7, 11) is 0. The lowest BCUT2D eigenvalue weighted by Crippen LogP contribution is -2.57. The van der Waals surface area contributed by atoms with E-state index in [1.807, 2.05) is 0 Å². The predicted octanol–water partition coefficient (Wildman–Crippen LogP) is 3.88. The molecule has 1 aliphatic heterocycles. The van der Waals surface area contributed by atoms with Gasteiger partial charge in [-0.05, 0) is 48.6 Å². The van der Waals surface area contributed by atoms with Crippen LogP contribution in [0.4, 0.5) is 17.6 Å². The molecule has 9 heteroatoms. The van der Waals surface area contributed by atoms with Gasteiger partial charge in [0.25, 0.3) is 5.91 Å². The van der Waals surface area contributed by atoms with E-state index in [-0.39, 0.29) is 29.0 Å². The first kappa shape index (κ1) is 21.2.